The highest BCUT2D eigenvalue weighted by molar-refractivity contribution is 7.84. The highest BCUT2D eigenvalue weighted by atomic mass is 32.2. The van der Waals surface area contributed by atoms with Gasteiger partial charge in [0.05, 0.1) is 0 Å². The molecule has 0 heterocycles. The molecule has 1 atom stereocenters. The minimum Gasteiger partial charge on any atom is -0.319 e. The summed E-state index contributed by atoms with van der Waals surface area (Å²) in [4.78, 5) is 0. The van der Waals surface area contributed by atoms with Crippen LogP contribution in [0.2, 0.25) is 0 Å². The summed E-state index contributed by atoms with van der Waals surface area (Å²) in [7, 11) is 1.14. The molecule has 0 amide bonds. The molecule has 1 aromatic carbocycles. The van der Waals surface area contributed by atoms with Crippen molar-refractivity contribution >= 4 is 10.8 Å². The number of aryl methyl sites for hydroxylation is 1. The van der Waals surface area contributed by atoms with Gasteiger partial charge in [-0.1, -0.05) is 29.8 Å². The van der Waals surface area contributed by atoms with Crippen molar-refractivity contribution in [1.29, 1.82) is 0 Å². The summed E-state index contributed by atoms with van der Waals surface area (Å²) in [6.07, 6.45) is 0. The van der Waals surface area contributed by atoms with E-state index < -0.39 is 10.8 Å². The number of nitrogens with one attached hydrogen (secondary N) is 1. The van der Waals surface area contributed by atoms with Crippen molar-refractivity contribution in [3.8, 4) is 0 Å². The van der Waals surface area contributed by atoms with Crippen molar-refractivity contribution in [2.24, 2.45) is 0 Å². The van der Waals surface area contributed by atoms with E-state index in [9.17, 15) is 4.21 Å². The number of hydrogen-bond acceptors (Lipinski definition) is 2. The zero-order chi connectivity index (χ0) is 10.4. The SMILES string of the molecule is CNCCS(=O)Cc1cccc(C)c1. The van der Waals surface area contributed by atoms with E-state index in [2.05, 4.69) is 24.4 Å². The maximum Gasteiger partial charge on any atom is 0.0486 e. The monoisotopic (exact) mass is 211 g/mol. The van der Waals surface area contributed by atoms with E-state index in [-0.39, 0.29) is 0 Å². The first-order chi connectivity index (χ1) is 6.72. The molecular formula is C11H17NOS. The van der Waals surface area contributed by atoms with Crippen LogP contribution < -0.4 is 5.32 Å². The normalized spacial score (nSPS) is 12.7. The van der Waals surface area contributed by atoms with Gasteiger partial charge in [-0.2, -0.15) is 0 Å². The molecule has 0 fully saturated rings. The summed E-state index contributed by atoms with van der Waals surface area (Å²) in [5.41, 5.74) is 2.40. The molecule has 0 aliphatic rings. The maximum atomic E-state index is 11.6. The summed E-state index contributed by atoms with van der Waals surface area (Å²) >= 11 is 0. The van der Waals surface area contributed by atoms with Crippen molar-refractivity contribution < 1.29 is 4.21 Å². The molecule has 1 unspecified atom stereocenters. The first kappa shape index (κ1) is 11.4. The second-order valence-electron chi connectivity index (χ2n) is 3.38. The molecule has 0 saturated heterocycles. The molecule has 0 bridgehead atoms. The molecule has 0 aromatic heterocycles. The van der Waals surface area contributed by atoms with E-state index in [1.165, 1.54) is 11.1 Å². The molecular weight excluding hydrogens is 194 g/mol. The maximum absolute atomic E-state index is 11.6. The van der Waals surface area contributed by atoms with Gasteiger partial charge < -0.3 is 5.32 Å². The third-order valence-corrected chi connectivity index (χ3v) is 3.30. The third kappa shape index (κ3) is 4.03. The zero-order valence-corrected chi connectivity index (χ0v) is 9.56. The lowest BCUT2D eigenvalue weighted by molar-refractivity contribution is 0.679. The van der Waals surface area contributed by atoms with Gasteiger partial charge in [-0.25, -0.2) is 0 Å². The van der Waals surface area contributed by atoms with Crippen LogP contribution in [0.1, 0.15) is 11.1 Å². The molecule has 0 radical (unpaired) electrons. The summed E-state index contributed by atoms with van der Waals surface area (Å²) in [6.45, 7) is 2.87. The van der Waals surface area contributed by atoms with Crippen LogP contribution in [0.4, 0.5) is 0 Å². The lowest BCUT2D eigenvalue weighted by Crippen LogP contribution is -2.16. The quantitative estimate of drug-likeness (QED) is 0.799. The molecule has 3 heteroatoms. The summed E-state index contributed by atoms with van der Waals surface area (Å²) in [6, 6.07) is 8.20. The van der Waals surface area contributed by atoms with Gasteiger partial charge in [-0.15, -0.1) is 0 Å². The number of rotatable bonds is 5. The minimum absolute atomic E-state index is 0.670. The van der Waals surface area contributed by atoms with Crippen molar-refractivity contribution in [2.45, 2.75) is 12.7 Å². The van der Waals surface area contributed by atoms with Gasteiger partial charge in [0.15, 0.2) is 0 Å². The fraction of sp³-hybridized carbons (Fsp3) is 0.455. The molecule has 0 aliphatic carbocycles. The van der Waals surface area contributed by atoms with Crippen molar-refractivity contribution in [2.75, 3.05) is 19.3 Å². The topological polar surface area (TPSA) is 29.1 Å². The van der Waals surface area contributed by atoms with Crippen LogP contribution in [0, 0.1) is 6.92 Å². The van der Waals surface area contributed by atoms with E-state index in [4.69, 9.17) is 0 Å². The Labute approximate surface area is 88.2 Å². The fourth-order valence-corrected chi connectivity index (χ4v) is 2.40. The van der Waals surface area contributed by atoms with Gasteiger partial charge >= 0.3 is 0 Å². The van der Waals surface area contributed by atoms with Gasteiger partial charge in [0.1, 0.15) is 0 Å². The van der Waals surface area contributed by atoms with Gasteiger partial charge in [0.25, 0.3) is 0 Å². The van der Waals surface area contributed by atoms with E-state index in [0.717, 1.165) is 12.3 Å². The van der Waals surface area contributed by atoms with Gasteiger partial charge in [-0.3, -0.25) is 4.21 Å². The Morgan fingerprint density at radius 1 is 1.43 bits per heavy atom. The second-order valence-corrected chi connectivity index (χ2v) is 4.96. The Hall–Kier alpha value is -0.670. The van der Waals surface area contributed by atoms with Crippen molar-refractivity contribution in [1.82, 2.24) is 5.32 Å². The Morgan fingerprint density at radius 3 is 2.86 bits per heavy atom. The Bertz CT molecular complexity index is 312. The van der Waals surface area contributed by atoms with E-state index in [1.54, 1.807) is 0 Å². The molecule has 0 saturated carbocycles. The summed E-state index contributed by atoms with van der Waals surface area (Å²) in [5.74, 6) is 1.40. The molecule has 0 spiro atoms. The standard InChI is InChI=1S/C11H17NOS/c1-10-4-3-5-11(8-10)9-14(13)7-6-12-2/h3-5,8,12H,6-7,9H2,1-2H3. The third-order valence-electron chi connectivity index (χ3n) is 1.99. The van der Waals surface area contributed by atoms with Crippen molar-refractivity contribution in [3.63, 3.8) is 0 Å². The smallest absolute Gasteiger partial charge is 0.0486 e. The highest BCUT2D eigenvalue weighted by Crippen LogP contribution is 2.06. The van der Waals surface area contributed by atoms with Crippen LogP contribution in [-0.2, 0) is 16.6 Å². The lowest BCUT2D eigenvalue weighted by Gasteiger charge is -2.03. The Balaban J connectivity index is 2.47. The molecule has 1 N–H and O–H groups in total. The predicted octanol–water partition coefficient (Wildman–Crippen LogP) is 1.46. The average molecular weight is 211 g/mol. The molecule has 1 rings (SSSR count). The summed E-state index contributed by atoms with van der Waals surface area (Å²) in [5, 5.41) is 3.00. The number of hydrogen-bond donors (Lipinski definition) is 1. The second kappa shape index (κ2) is 5.94. The molecule has 0 aliphatic heterocycles. The van der Waals surface area contributed by atoms with Gasteiger partial charge in [-0.05, 0) is 19.5 Å². The van der Waals surface area contributed by atoms with E-state index >= 15 is 0 Å². The first-order valence-corrected chi connectivity index (χ1v) is 6.26. The first-order valence-electron chi connectivity index (χ1n) is 4.77. The van der Waals surface area contributed by atoms with E-state index in [0.29, 0.717) is 5.75 Å². The molecule has 2 nitrogen and oxygen atoms in total. The van der Waals surface area contributed by atoms with Crippen LogP contribution in [0.3, 0.4) is 0 Å². The molecule has 1 aromatic rings. The van der Waals surface area contributed by atoms with Crippen LogP contribution in [0.15, 0.2) is 24.3 Å². The minimum atomic E-state index is -0.742. The Morgan fingerprint density at radius 2 is 2.21 bits per heavy atom. The zero-order valence-electron chi connectivity index (χ0n) is 8.75. The average Bonchev–Trinajstić information content (AvgIpc) is 2.15. The van der Waals surface area contributed by atoms with Crippen LogP contribution in [0.25, 0.3) is 0 Å². The van der Waals surface area contributed by atoms with Gasteiger partial charge in [0, 0.05) is 28.9 Å². The summed E-state index contributed by atoms with van der Waals surface area (Å²) < 4.78 is 11.6. The van der Waals surface area contributed by atoms with E-state index in [1.807, 2.05) is 19.2 Å². The van der Waals surface area contributed by atoms with Gasteiger partial charge in [0.2, 0.25) is 0 Å². The predicted molar refractivity (Wildman–Crippen MR) is 61.8 cm³/mol. The Kier molecular flexibility index (Phi) is 4.84. The number of benzene rings is 1. The lowest BCUT2D eigenvalue weighted by atomic mass is 10.2. The van der Waals surface area contributed by atoms with Crippen molar-refractivity contribution in [3.05, 3.63) is 35.4 Å². The van der Waals surface area contributed by atoms with Crippen LogP contribution in [0.5, 0.6) is 0 Å². The largest absolute Gasteiger partial charge is 0.319 e. The van der Waals surface area contributed by atoms with Crippen LogP contribution >= 0.6 is 0 Å². The highest BCUT2D eigenvalue weighted by Gasteiger charge is 2.00. The fourth-order valence-electron chi connectivity index (χ4n) is 1.28. The molecule has 14 heavy (non-hydrogen) atoms. The van der Waals surface area contributed by atoms with Crippen LogP contribution in [-0.4, -0.2) is 23.6 Å². The molecule has 78 valence electrons.